The van der Waals surface area contributed by atoms with Gasteiger partial charge in [-0.1, -0.05) is 0 Å². The maximum Gasteiger partial charge on any atom is 0.303 e. The largest absolute Gasteiger partial charge is 0.481 e. The van der Waals surface area contributed by atoms with E-state index in [9.17, 15) is 4.79 Å². The first-order valence-electron chi connectivity index (χ1n) is 4.38. The van der Waals surface area contributed by atoms with E-state index in [0.717, 1.165) is 6.42 Å². The van der Waals surface area contributed by atoms with Crippen molar-refractivity contribution < 1.29 is 20.1 Å². The highest BCUT2D eigenvalue weighted by Crippen LogP contribution is 1.93. The van der Waals surface area contributed by atoms with Gasteiger partial charge in [0.2, 0.25) is 0 Å². The minimum absolute atomic E-state index is 0.185. The summed E-state index contributed by atoms with van der Waals surface area (Å²) in [5, 5.41) is 28.5. The Kier molecular flexibility index (Phi) is 7.57. The Hall–Kier alpha value is -0.650. The number of aliphatic hydroxyl groups is 2. The van der Waals surface area contributed by atoms with Gasteiger partial charge in [-0.2, -0.15) is 0 Å². The number of carboxylic acid groups (broad SMARTS) is 1. The van der Waals surface area contributed by atoms with Crippen LogP contribution in [-0.2, 0) is 4.79 Å². The minimum Gasteiger partial charge on any atom is -0.481 e. The maximum absolute atomic E-state index is 10.1. The van der Waals surface area contributed by atoms with Gasteiger partial charge in [0.05, 0.1) is 12.7 Å². The Morgan fingerprint density at radius 2 is 2.08 bits per heavy atom. The van der Waals surface area contributed by atoms with Crippen LogP contribution >= 0.6 is 0 Å². The summed E-state index contributed by atoms with van der Waals surface area (Å²) >= 11 is 0. The number of hydrogen-bond donors (Lipinski definition) is 4. The van der Waals surface area contributed by atoms with Gasteiger partial charge in [0.1, 0.15) is 0 Å². The molecular weight excluding hydrogens is 174 g/mol. The summed E-state index contributed by atoms with van der Waals surface area (Å²) in [6.45, 7) is 0.774. The van der Waals surface area contributed by atoms with Crippen LogP contribution < -0.4 is 5.32 Å². The molecule has 0 aliphatic carbocycles. The Morgan fingerprint density at radius 1 is 1.38 bits per heavy atom. The van der Waals surface area contributed by atoms with Crippen molar-refractivity contribution in [2.24, 2.45) is 0 Å². The van der Waals surface area contributed by atoms with E-state index < -0.39 is 12.1 Å². The van der Waals surface area contributed by atoms with E-state index in [4.69, 9.17) is 15.3 Å². The summed E-state index contributed by atoms with van der Waals surface area (Å²) in [6.07, 6.45) is 0.867. The van der Waals surface area contributed by atoms with Crippen LogP contribution in [0.3, 0.4) is 0 Å². The number of carboxylic acids is 1. The van der Waals surface area contributed by atoms with Gasteiger partial charge in [0.25, 0.3) is 0 Å². The van der Waals surface area contributed by atoms with Crippen LogP contribution in [0.2, 0.25) is 0 Å². The van der Waals surface area contributed by atoms with E-state index in [1.165, 1.54) is 0 Å². The summed E-state index contributed by atoms with van der Waals surface area (Å²) in [5.74, 6) is -0.782. The molecule has 0 aliphatic rings. The second-order valence-electron chi connectivity index (χ2n) is 2.89. The molecule has 13 heavy (non-hydrogen) atoms. The minimum atomic E-state index is -0.782. The summed E-state index contributed by atoms with van der Waals surface area (Å²) < 4.78 is 0. The van der Waals surface area contributed by atoms with Crippen LogP contribution in [0.5, 0.6) is 0 Å². The third-order valence-corrected chi connectivity index (χ3v) is 1.58. The van der Waals surface area contributed by atoms with Gasteiger partial charge in [0.15, 0.2) is 0 Å². The lowest BCUT2D eigenvalue weighted by molar-refractivity contribution is -0.137. The molecule has 0 fully saturated rings. The van der Waals surface area contributed by atoms with Gasteiger partial charge >= 0.3 is 5.97 Å². The zero-order valence-corrected chi connectivity index (χ0v) is 7.57. The van der Waals surface area contributed by atoms with Crippen LogP contribution in [0.4, 0.5) is 0 Å². The molecule has 5 nitrogen and oxygen atoms in total. The van der Waals surface area contributed by atoms with Crippen molar-refractivity contribution in [3.05, 3.63) is 0 Å². The Bertz CT molecular complexity index is 140. The summed E-state index contributed by atoms with van der Waals surface area (Å²) in [7, 11) is 0. The van der Waals surface area contributed by atoms with Crippen LogP contribution in [0.25, 0.3) is 0 Å². The van der Waals surface area contributed by atoms with Crippen molar-refractivity contribution in [1.29, 1.82) is 0 Å². The van der Waals surface area contributed by atoms with Crippen molar-refractivity contribution in [3.63, 3.8) is 0 Å². The lowest BCUT2D eigenvalue weighted by Gasteiger charge is -2.07. The van der Waals surface area contributed by atoms with E-state index in [2.05, 4.69) is 5.32 Å². The first kappa shape index (κ1) is 12.3. The highest BCUT2D eigenvalue weighted by molar-refractivity contribution is 5.66. The normalized spacial score (nSPS) is 12.8. The molecule has 0 saturated carbocycles. The van der Waals surface area contributed by atoms with Gasteiger partial charge < -0.3 is 20.6 Å². The fraction of sp³-hybridized carbons (Fsp3) is 0.875. The van der Waals surface area contributed by atoms with Gasteiger partial charge in [-0.25, -0.2) is 0 Å². The molecule has 0 heterocycles. The predicted octanol–water partition coefficient (Wildman–Crippen LogP) is -0.816. The fourth-order valence-corrected chi connectivity index (χ4v) is 0.859. The molecular formula is C8H17NO4. The Labute approximate surface area is 77.4 Å². The molecule has 0 radical (unpaired) electrons. The molecule has 5 heteroatoms. The van der Waals surface area contributed by atoms with E-state index in [1.807, 2.05) is 0 Å². The predicted molar refractivity (Wildman–Crippen MR) is 47.4 cm³/mol. The molecule has 0 aromatic rings. The number of aliphatic hydroxyl groups excluding tert-OH is 2. The van der Waals surface area contributed by atoms with Gasteiger partial charge in [-0.15, -0.1) is 0 Å². The number of nitrogens with one attached hydrogen (secondary N) is 1. The molecule has 0 aromatic heterocycles. The monoisotopic (exact) mass is 191 g/mol. The van der Waals surface area contributed by atoms with Gasteiger partial charge in [-0.05, 0) is 19.4 Å². The zero-order valence-electron chi connectivity index (χ0n) is 7.57. The molecule has 0 saturated heterocycles. The lowest BCUT2D eigenvalue weighted by atomic mass is 10.2. The first-order chi connectivity index (χ1) is 6.16. The van der Waals surface area contributed by atoms with Crippen molar-refractivity contribution in [3.8, 4) is 0 Å². The SMILES string of the molecule is O=C(O)CCCCNCC(O)CO. The fourth-order valence-electron chi connectivity index (χ4n) is 0.859. The van der Waals surface area contributed by atoms with Crippen LogP contribution in [-0.4, -0.2) is 47.1 Å². The summed E-state index contributed by atoms with van der Waals surface area (Å²) in [4.78, 5) is 10.1. The third kappa shape index (κ3) is 9.26. The highest BCUT2D eigenvalue weighted by atomic mass is 16.4. The maximum atomic E-state index is 10.1. The van der Waals surface area contributed by atoms with E-state index in [-0.39, 0.29) is 13.0 Å². The number of unbranched alkanes of at least 4 members (excludes halogenated alkanes) is 1. The smallest absolute Gasteiger partial charge is 0.303 e. The van der Waals surface area contributed by atoms with E-state index in [1.54, 1.807) is 0 Å². The molecule has 0 aromatic carbocycles. The molecule has 78 valence electrons. The lowest BCUT2D eigenvalue weighted by Crippen LogP contribution is -2.29. The molecule has 0 spiro atoms. The summed E-state index contributed by atoms with van der Waals surface area (Å²) in [6, 6.07) is 0. The topological polar surface area (TPSA) is 89.8 Å². The second kappa shape index (κ2) is 7.97. The third-order valence-electron chi connectivity index (χ3n) is 1.58. The number of hydrogen-bond acceptors (Lipinski definition) is 4. The Morgan fingerprint density at radius 3 is 2.62 bits per heavy atom. The molecule has 1 atom stereocenters. The van der Waals surface area contributed by atoms with Crippen LogP contribution in [0.1, 0.15) is 19.3 Å². The van der Waals surface area contributed by atoms with Crippen molar-refractivity contribution in [2.45, 2.75) is 25.4 Å². The van der Waals surface area contributed by atoms with Crippen molar-refractivity contribution >= 4 is 5.97 Å². The van der Waals surface area contributed by atoms with Crippen molar-refractivity contribution in [1.82, 2.24) is 5.32 Å². The highest BCUT2D eigenvalue weighted by Gasteiger charge is 2.00. The second-order valence-corrected chi connectivity index (χ2v) is 2.89. The van der Waals surface area contributed by atoms with Crippen LogP contribution in [0.15, 0.2) is 0 Å². The zero-order chi connectivity index (χ0) is 10.1. The molecule has 4 N–H and O–H groups in total. The van der Waals surface area contributed by atoms with Gasteiger partial charge in [-0.3, -0.25) is 4.79 Å². The van der Waals surface area contributed by atoms with Gasteiger partial charge in [0, 0.05) is 13.0 Å². The molecule has 0 bridgehead atoms. The average Bonchev–Trinajstić information content (AvgIpc) is 2.10. The first-order valence-corrected chi connectivity index (χ1v) is 4.38. The molecule has 1 unspecified atom stereocenters. The van der Waals surface area contributed by atoms with E-state index in [0.29, 0.717) is 19.5 Å². The summed E-state index contributed by atoms with van der Waals surface area (Å²) in [5.41, 5.74) is 0. The molecule has 0 rings (SSSR count). The quantitative estimate of drug-likeness (QED) is 0.376. The van der Waals surface area contributed by atoms with Crippen molar-refractivity contribution in [2.75, 3.05) is 19.7 Å². The number of carbonyl (C=O) groups is 1. The standard InChI is InChI=1S/C8H17NO4/c10-6-7(11)5-9-4-2-1-3-8(12)13/h7,9-11H,1-6H2,(H,12,13). The van der Waals surface area contributed by atoms with Crippen LogP contribution in [0, 0.1) is 0 Å². The number of rotatable bonds is 8. The Balaban J connectivity index is 3.04. The van der Waals surface area contributed by atoms with E-state index >= 15 is 0 Å². The number of aliphatic carboxylic acids is 1. The average molecular weight is 191 g/mol. The molecule has 0 aliphatic heterocycles. The molecule has 0 amide bonds.